The van der Waals surface area contributed by atoms with Crippen molar-refractivity contribution in [3.63, 3.8) is 0 Å². The Balaban J connectivity index is 2.65. The van der Waals surface area contributed by atoms with Gasteiger partial charge in [0.2, 0.25) is 0 Å². The zero-order valence-electron chi connectivity index (χ0n) is 2.22. The normalized spacial score (nSPS) is 9.60. The van der Waals surface area contributed by atoms with Crippen LogP contribution in [0.4, 0.5) is 0 Å². The van der Waals surface area contributed by atoms with Crippen molar-refractivity contribution in [1.29, 1.82) is 0 Å². The molecule has 0 spiro atoms. The zero-order chi connectivity index (χ0) is 4.12. The van der Waals surface area contributed by atoms with Gasteiger partial charge in [0.15, 0.2) is 0 Å². The summed E-state index contributed by atoms with van der Waals surface area (Å²) in [6.07, 6.45) is 0. The minimum absolute atomic E-state index is 0.476. The van der Waals surface area contributed by atoms with Gasteiger partial charge in [0.25, 0.3) is 0 Å². The summed E-state index contributed by atoms with van der Waals surface area (Å²) < 4.78 is 18.7. The van der Waals surface area contributed by atoms with Crippen molar-refractivity contribution in [1.82, 2.24) is 0 Å². The van der Waals surface area contributed by atoms with Crippen LogP contribution in [0, 0.1) is 0 Å². The van der Waals surface area contributed by atoms with E-state index in [1.807, 2.05) is 0 Å². The molecule has 0 saturated heterocycles. The first-order valence-electron chi connectivity index (χ1n) is 0.816. The minimum Gasteiger partial charge on any atom is -0.0577 e. The van der Waals surface area contributed by atoms with Crippen LogP contribution in [0.1, 0.15) is 0 Å². The van der Waals surface area contributed by atoms with Crippen LogP contribution in [-0.4, -0.2) is 0 Å². The van der Waals surface area contributed by atoms with Gasteiger partial charge in [0.05, 0.1) is 0 Å². The first kappa shape index (κ1) is 5.55. The van der Waals surface area contributed by atoms with E-state index >= 15 is 0 Å². The summed E-state index contributed by atoms with van der Waals surface area (Å²) in [4.78, 5) is 0. The third-order valence-electron chi connectivity index (χ3n) is 0.0833. The Hall–Kier alpha value is 0.550. The lowest BCUT2D eigenvalue weighted by molar-refractivity contribution is 0.604. The Labute approximate surface area is 36.2 Å². The quantitative estimate of drug-likeness (QED) is 0.529. The maximum absolute atomic E-state index is 9.33. The standard InChI is InChI=1S/O2P2S/c1-3-5-4-2/p+2. The molecule has 0 aliphatic rings. The van der Waals surface area contributed by atoms with Gasteiger partial charge in [-0.05, 0) is 0 Å². The second-order valence-corrected chi connectivity index (χ2v) is 4.26. The van der Waals surface area contributed by atoms with Crippen molar-refractivity contribution in [3.05, 3.63) is 0 Å². The number of hydrogen-bond donors (Lipinski definition) is 0. The van der Waals surface area contributed by atoms with Crippen LogP contribution in [0.25, 0.3) is 0 Å². The molecule has 5 heteroatoms. The molecule has 2 nitrogen and oxygen atoms in total. The van der Waals surface area contributed by atoms with Crippen molar-refractivity contribution >= 4 is 26.3 Å². The highest BCUT2D eigenvalue weighted by Gasteiger charge is 1.97. The SMILES string of the molecule is O=[PH+]S[PH+]=O. The van der Waals surface area contributed by atoms with Gasteiger partial charge in [0, 0.05) is 0 Å². The molecule has 0 aromatic carbocycles. The molecule has 0 bridgehead atoms. The molecule has 0 aromatic heterocycles. The lowest BCUT2D eigenvalue weighted by Crippen LogP contribution is -0.966. The molecule has 2 atom stereocenters. The van der Waals surface area contributed by atoms with Crippen molar-refractivity contribution in [2.75, 3.05) is 0 Å². The smallest absolute Gasteiger partial charge is 0.0577 e. The summed E-state index contributed by atoms with van der Waals surface area (Å²) >= 11 is 0.907. The van der Waals surface area contributed by atoms with E-state index in [1.165, 1.54) is 0 Å². The van der Waals surface area contributed by atoms with E-state index in [4.69, 9.17) is 0 Å². The molecule has 0 radical (unpaired) electrons. The number of rotatable bonds is 2. The second kappa shape index (κ2) is 4.55. The summed E-state index contributed by atoms with van der Waals surface area (Å²) in [6, 6.07) is 0. The van der Waals surface area contributed by atoms with Crippen LogP contribution in [-0.2, 0) is 9.13 Å². The average molecular weight is 128 g/mol. The van der Waals surface area contributed by atoms with E-state index in [0.717, 1.165) is 11.0 Å². The maximum Gasteiger partial charge on any atom is 0.449 e. The molecule has 28 valence electrons. The van der Waals surface area contributed by atoms with Gasteiger partial charge in [-0.3, -0.25) is 0 Å². The Morgan fingerprint density at radius 1 is 1.20 bits per heavy atom. The van der Waals surface area contributed by atoms with Crippen LogP contribution in [0.3, 0.4) is 0 Å². The van der Waals surface area contributed by atoms with E-state index in [9.17, 15) is 9.13 Å². The molecule has 0 amide bonds. The molecule has 0 heterocycles. The van der Waals surface area contributed by atoms with Crippen LogP contribution < -0.4 is 0 Å². The average Bonchev–Trinajstić information content (AvgIpc) is 1.41. The summed E-state index contributed by atoms with van der Waals surface area (Å²) in [5.74, 6) is 0. The molecule has 0 N–H and O–H groups in total. The van der Waals surface area contributed by atoms with Gasteiger partial charge < -0.3 is 0 Å². The van der Waals surface area contributed by atoms with Gasteiger partial charge in [-0.25, -0.2) is 0 Å². The summed E-state index contributed by atoms with van der Waals surface area (Å²) in [5, 5.41) is 0. The Bertz CT molecular complexity index is 36.9. The predicted molar refractivity (Wildman–Crippen MR) is 25.6 cm³/mol. The van der Waals surface area contributed by atoms with Gasteiger partial charge in [-0.2, -0.15) is 0 Å². The van der Waals surface area contributed by atoms with Crippen molar-refractivity contribution in [3.8, 4) is 0 Å². The fraction of sp³-hybridized carbons (Fsp3) is 0. The molecule has 0 aliphatic carbocycles. The summed E-state index contributed by atoms with van der Waals surface area (Å²) in [6.45, 7) is 0. The van der Waals surface area contributed by atoms with Crippen LogP contribution in [0.2, 0.25) is 0 Å². The molecule has 0 saturated carbocycles. The van der Waals surface area contributed by atoms with E-state index in [-0.39, 0.29) is 0 Å². The Kier molecular flexibility index (Phi) is 5.05. The highest BCUT2D eigenvalue weighted by Crippen LogP contribution is 2.29. The van der Waals surface area contributed by atoms with Crippen LogP contribution >= 0.6 is 26.3 Å². The van der Waals surface area contributed by atoms with Gasteiger partial charge in [-0.1, -0.05) is 9.13 Å². The third-order valence-corrected chi connectivity index (χ3v) is 2.25. The first-order valence-corrected chi connectivity index (χ1v) is 4.90. The molecular weight excluding hydrogens is 126 g/mol. The molecular formula is H2O2P2S+2. The van der Waals surface area contributed by atoms with E-state index in [0.29, 0.717) is 0 Å². The molecule has 0 aromatic rings. The summed E-state index contributed by atoms with van der Waals surface area (Å²) in [7, 11) is -0.951. The highest BCUT2D eigenvalue weighted by atomic mass is 33.0. The second-order valence-electron chi connectivity index (χ2n) is 0.269. The van der Waals surface area contributed by atoms with Crippen molar-refractivity contribution in [2.24, 2.45) is 0 Å². The van der Waals surface area contributed by atoms with Gasteiger partial charge in [0.1, 0.15) is 0 Å². The maximum atomic E-state index is 9.33. The van der Waals surface area contributed by atoms with Crippen LogP contribution in [0.15, 0.2) is 0 Å². The molecule has 2 unspecified atom stereocenters. The van der Waals surface area contributed by atoms with Gasteiger partial charge >= 0.3 is 26.3 Å². The first-order chi connectivity index (χ1) is 2.41. The van der Waals surface area contributed by atoms with Crippen molar-refractivity contribution in [2.45, 2.75) is 0 Å². The van der Waals surface area contributed by atoms with Crippen molar-refractivity contribution < 1.29 is 9.13 Å². The number of hydrogen-bond acceptors (Lipinski definition) is 3. The fourth-order valence-electron chi connectivity index (χ4n) is 0.0170. The molecule has 5 heavy (non-hydrogen) atoms. The predicted octanol–water partition coefficient (Wildman–Crippen LogP) is 1.60. The largest absolute Gasteiger partial charge is 0.449 e. The monoisotopic (exact) mass is 128 g/mol. The summed E-state index contributed by atoms with van der Waals surface area (Å²) in [5.41, 5.74) is 0. The highest BCUT2D eigenvalue weighted by molar-refractivity contribution is 8.73. The third kappa shape index (κ3) is 4.55. The lowest BCUT2D eigenvalue weighted by Gasteiger charge is -1.22. The lowest BCUT2D eigenvalue weighted by atomic mass is 16.0. The van der Waals surface area contributed by atoms with E-state index < -0.39 is 15.3 Å². The molecule has 0 fully saturated rings. The Morgan fingerprint density at radius 3 is 1.60 bits per heavy atom. The Morgan fingerprint density at radius 2 is 1.60 bits per heavy atom. The fourth-order valence-corrected chi connectivity index (χ4v) is 0.459. The zero-order valence-corrected chi connectivity index (χ0v) is 5.04. The topological polar surface area (TPSA) is 34.1 Å². The van der Waals surface area contributed by atoms with Gasteiger partial charge in [-0.15, -0.1) is 0 Å². The minimum atomic E-state index is -0.476. The van der Waals surface area contributed by atoms with E-state index in [1.54, 1.807) is 0 Å². The molecule has 0 aliphatic heterocycles. The molecule has 0 rings (SSSR count). The van der Waals surface area contributed by atoms with Crippen LogP contribution in [0.5, 0.6) is 0 Å². The van der Waals surface area contributed by atoms with E-state index in [2.05, 4.69) is 0 Å².